The van der Waals surface area contributed by atoms with Crippen LogP contribution in [0.1, 0.15) is 53.4 Å². The number of nitrogens with zero attached hydrogens (tertiary/aromatic N) is 1. The number of thioether (sulfide) groups is 1. The highest BCUT2D eigenvalue weighted by Crippen LogP contribution is 2.71. The fraction of sp³-hybridized carbons (Fsp3) is 0.938. The molecule has 0 saturated heterocycles. The maximum Gasteiger partial charge on any atom is 0.133 e. The van der Waals surface area contributed by atoms with Crippen LogP contribution in [-0.2, 0) is 0 Å². The molecule has 0 heterocycles. The molecule has 2 heteroatoms. The predicted octanol–water partition coefficient (Wildman–Crippen LogP) is 4.69. The summed E-state index contributed by atoms with van der Waals surface area (Å²) in [6.07, 6.45) is 5.50. The first-order valence-electron chi connectivity index (χ1n) is 7.44. The van der Waals surface area contributed by atoms with E-state index in [1.54, 1.807) is 11.8 Å². The maximum atomic E-state index is 9.03. The molecule has 0 unspecified atom stereocenters. The van der Waals surface area contributed by atoms with Crippen LogP contribution in [0.25, 0.3) is 0 Å². The van der Waals surface area contributed by atoms with E-state index in [-0.39, 0.29) is 0 Å². The molecule has 0 aromatic carbocycles. The number of hydrogen-bond acceptors (Lipinski definition) is 2. The zero-order valence-corrected chi connectivity index (χ0v) is 12.9. The summed E-state index contributed by atoms with van der Waals surface area (Å²) >= 11 is 1.56. The molecule has 4 aliphatic rings. The molecular weight excluding hydrogens is 238 g/mol. The summed E-state index contributed by atoms with van der Waals surface area (Å²) in [7, 11) is 0. The van der Waals surface area contributed by atoms with Crippen molar-refractivity contribution >= 4 is 11.8 Å². The Morgan fingerprint density at radius 3 is 2.50 bits per heavy atom. The van der Waals surface area contributed by atoms with Crippen molar-refractivity contribution in [3.63, 3.8) is 0 Å². The lowest BCUT2D eigenvalue weighted by Gasteiger charge is -2.58. The molecule has 0 spiro atoms. The smallest absolute Gasteiger partial charge is 0.133 e. The number of rotatable bonds is 2. The lowest BCUT2D eigenvalue weighted by molar-refractivity contribution is -0.0379. The van der Waals surface area contributed by atoms with Crippen LogP contribution in [0.2, 0.25) is 0 Å². The Bertz CT molecular complexity index is 398. The lowest BCUT2D eigenvalue weighted by atomic mass is 9.50. The van der Waals surface area contributed by atoms with Crippen molar-refractivity contribution in [2.75, 3.05) is 0 Å². The third-order valence-corrected chi connectivity index (χ3v) is 7.62. The van der Waals surface area contributed by atoms with E-state index in [1.807, 2.05) is 0 Å². The van der Waals surface area contributed by atoms with Gasteiger partial charge in [0.1, 0.15) is 5.40 Å². The Labute approximate surface area is 116 Å². The molecule has 100 valence electrons. The summed E-state index contributed by atoms with van der Waals surface area (Å²) in [6, 6.07) is 0. The van der Waals surface area contributed by atoms with Crippen LogP contribution in [0.15, 0.2) is 0 Å². The van der Waals surface area contributed by atoms with Crippen molar-refractivity contribution in [2.45, 2.75) is 58.6 Å². The number of thiocyanates is 1. The van der Waals surface area contributed by atoms with E-state index in [0.29, 0.717) is 16.1 Å². The molecule has 4 saturated carbocycles. The molecule has 0 amide bonds. The van der Waals surface area contributed by atoms with Crippen molar-refractivity contribution in [1.82, 2.24) is 0 Å². The van der Waals surface area contributed by atoms with Gasteiger partial charge in [-0.1, -0.05) is 27.7 Å². The number of nitriles is 1. The van der Waals surface area contributed by atoms with Crippen LogP contribution in [0.3, 0.4) is 0 Å². The van der Waals surface area contributed by atoms with Crippen LogP contribution in [0.5, 0.6) is 0 Å². The molecule has 6 atom stereocenters. The summed E-state index contributed by atoms with van der Waals surface area (Å²) in [5.41, 5.74) is 1.01. The highest BCUT2D eigenvalue weighted by molar-refractivity contribution is 8.04. The van der Waals surface area contributed by atoms with Crippen LogP contribution >= 0.6 is 11.8 Å². The SMILES string of the molecule is CC(C)[C@@H]1C[C@]2(C)C[C@]3(C)C[C@H]1[C@@H]2C[C@H]3SC#N. The molecule has 4 fully saturated rings. The van der Waals surface area contributed by atoms with Crippen molar-refractivity contribution in [1.29, 1.82) is 5.26 Å². The molecule has 0 aliphatic heterocycles. The van der Waals surface area contributed by atoms with Gasteiger partial charge in [0.15, 0.2) is 0 Å². The summed E-state index contributed by atoms with van der Waals surface area (Å²) in [5.74, 6) is 3.62. The second-order valence-corrected chi connectivity index (χ2v) is 8.99. The second-order valence-electron chi connectivity index (χ2n) is 8.00. The van der Waals surface area contributed by atoms with Crippen molar-refractivity contribution in [3.8, 4) is 5.40 Å². The molecule has 1 nitrogen and oxygen atoms in total. The van der Waals surface area contributed by atoms with E-state index in [2.05, 4.69) is 33.1 Å². The van der Waals surface area contributed by atoms with Gasteiger partial charge in [-0.2, -0.15) is 5.26 Å². The zero-order valence-electron chi connectivity index (χ0n) is 12.1. The molecule has 4 bridgehead atoms. The van der Waals surface area contributed by atoms with Crippen LogP contribution in [0, 0.1) is 45.2 Å². The fourth-order valence-corrected chi connectivity index (χ4v) is 6.79. The third kappa shape index (κ3) is 1.59. The summed E-state index contributed by atoms with van der Waals surface area (Å²) < 4.78 is 0. The molecule has 18 heavy (non-hydrogen) atoms. The average molecular weight is 263 g/mol. The summed E-state index contributed by atoms with van der Waals surface area (Å²) in [5, 5.41) is 12.0. The van der Waals surface area contributed by atoms with Gasteiger partial charge in [-0.25, -0.2) is 0 Å². The number of fused-ring (bicyclic) bond motifs is 1. The molecule has 4 rings (SSSR count). The van der Waals surface area contributed by atoms with Crippen molar-refractivity contribution < 1.29 is 0 Å². The van der Waals surface area contributed by atoms with Gasteiger partial charge in [-0.3, -0.25) is 0 Å². The standard InChI is InChI=1S/C16H25NS/c1-10(2)11-6-15(3)8-16(4)7-12(11)13(15)5-14(16)18-9-17/h10-14H,5-8H2,1-4H3/t11-,12+,13-,14+,15+,16-/m0/s1. The molecule has 0 radical (unpaired) electrons. The van der Waals surface area contributed by atoms with Crippen LogP contribution < -0.4 is 0 Å². The largest absolute Gasteiger partial charge is 0.185 e. The van der Waals surface area contributed by atoms with Gasteiger partial charge < -0.3 is 0 Å². The van der Waals surface area contributed by atoms with E-state index in [1.165, 1.54) is 25.7 Å². The predicted molar refractivity (Wildman–Crippen MR) is 77.0 cm³/mol. The summed E-state index contributed by atoms with van der Waals surface area (Å²) in [6.45, 7) is 9.82. The topological polar surface area (TPSA) is 23.8 Å². The molecule has 0 aromatic rings. The Balaban J connectivity index is 1.92. The molecule has 0 aromatic heterocycles. The first-order chi connectivity index (χ1) is 8.39. The van der Waals surface area contributed by atoms with E-state index in [0.717, 1.165) is 23.7 Å². The maximum absolute atomic E-state index is 9.03. The Kier molecular flexibility index (Phi) is 2.80. The fourth-order valence-electron chi connectivity index (χ4n) is 5.89. The van der Waals surface area contributed by atoms with Gasteiger partial charge in [0.25, 0.3) is 0 Å². The monoisotopic (exact) mass is 263 g/mol. The average Bonchev–Trinajstić information content (AvgIpc) is 2.47. The Morgan fingerprint density at radius 2 is 1.94 bits per heavy atom. The van der Waals surface area contributed by atoms with Gasteiger partial charge in [-0.05, 0) is 71.9 Å². The van der Waals surface area contributed by atoms with Gasteiger partial charge in [0.2, 0.25) is 0 Å². The van der Waals surface area contributed by atoms with E-state index < -0.39 is 0 Å². The van der Waals surface area contributed by atoms with Gasteiger partial charge in [0.05, 0.1) is 0 Å². The lowest BCUT2D eigenvalue weighted by Crippen LogP contribution is -2.52. The zero-order chi connectivity index (χ0) is 13.1. The minimum absolute atomic E-state index is 0.429. The molecule has 4 aliphatic carbocycles. The number of hydrogen-bond donors (Lipinski definition) is 0. The highest BCUT2D eigenvalue weighted by Gasteiger charge is 2.64. The Hall–Kier alpha value is -0.160. The van der Waals surface area contributed by atoms with Crippen LogP contribution in [-0.4, -0.2) is 5.25 Å². The minimum Gasteiger partial charge on any atom is -0.185 e. The molecular formula is C16H25NS. The molecule has 0 N–H and O–H groups in total. The first-order valence-corrected chi connectivity index (χ1v) is 8.32. The van der Waals surface area contributed by atoms with Crippen LogP contribution in [0.4, 0.5) is 0 Å². The highest BCUT2D eigenvalue weighted by atomic mass is 32.2. The quantitative estimate of drug-likeness (QED) is 0.675. The summed E-state index contributed by atoms with van der Waals surface area (Å²) in [4.78, 5) is 0. The van der Waals surface area contributed by atoms with Gasteiger partial charge in [-0.15, -0.1) is 0 Å². The van der Waals surface area contributed by atoms with Crippen molar-refractivity contribution in [2.24, 2.45) is 34.5 Å². The minimum atomic E-state index is 0.429. The first kappa shape index (κ1) is 12.9. The van der Waals surface area contributed by atoms with Gasteiger partial charge >= 0.3 is 0 Å². The van der Waals surface area contributed by atoms with Gasteiger partial charge in [0, 0.05) is 5.25 Å². The third-order valence-electron chi connectivity index (χ3n) is 6.47. The second kappa shape index (κ2) is 3.92. The van der Waals surface area contributed by atoms with E-state index >= 15 is 0 Å². The van der Waals surface area contributed by atoms with Crippen molar-refractivity contribution in [3.05, 3.63) is 0 Å². The Morgan fingerprint density at radius 1 is 1.22 bits per heavy atom. The normalized spacial score (nSPS) is 53.8. The van der Waals surface area contributed by atoms with E-state index in [9.17, 15) is 0 Å². The van der Waals surface area contributed by atoms with E-state index in [4.69, 9.17) is 5.26 Å².